The van der Waals surface area contributed by atoms with Crippen LogP contribution in [0.2, 0.25) is 5.02 Å². The summed E-state index contributed by atoms with van der Waals surface area (Å²) in [5.41, 5.74) is 0.924. The molecular weight excluding hydrogens is 373 g/mol. The van der Waals surface area contributed by atoms with Crippen LogP contribution in [0.1, 0.15) is 25.5 Å². The summed E-state index contributed by atoms with van der Waals surface area (Å²) in [5.74, 6) is 1.04. The van der Waals surface area contributed by atoms with Gasteiger partial charge in [-0.25, -0.2) is 4.39 Å². The van der Waals surface area contributed by atoms with E-state index in [2.05, 4.69) is 5.32 Å². The third kappa shape index (κ3) is 4.83. The number of carbonyl (C=O) groups excluding carboxylic acids is 1. The van der Waals surface area contributed by atoms with Crippen molar-refractivity contribution >= 4 is 17.5 Å². The Morgan fingerprint density at radius 3 is 2.63 bits per heavy atom. The first-order valence-electron chi connectivity index (χ1n) is 8.71. The molecular formula is C20H21ClFNO4. The SMILES string of the molecule is CC(C)C(NC(=O)COc1ccc(F)c(Cl)c1)c1ccc2c(c1)OCCO2. The third-order valence-electron chi connectivity index (χ3n) is 4.17. The van der Waals surface area contributed by atoms with Gasteiger partial charge in [0.15, 0.2) is 18.1 Å². The number of rotatable bonds is 6. The molecule has 0 saturated carbocycles. The maximum atomic E-state index is 13.2. The van der Waals surface area contributed by atoms with Crippen molar-refractivity contribution in [3.63, 3.8) is 0 Å². The second-order valence-corrected chi connectivity index (χ2v) is 6.96. The van der Waals surface area contributed by atoms with Crippen LogP contribution in [0.5, 0.6) is 17.2 Å². The maximum Gasteiger partial charge on any atom is 0.258 e. The van der Waals surface area contributed by atoms with E-state index in [4.69, 9.17) is 25.8 Å². The molecule has 1 aliphatic rings. The highest BCUT2D eigenvalue weighted by atomic mass is 35.5. The van der Waals surface area contributed by atoms with E-state index in [1.54, 1.807) is 0 Å². The molecule has 1 heterocycles. The van der Waals surface area contributed by atoms with Gasteiger partial charge >= 0.3 is 0 Å². The van der Waals surface area contributed by atoms with E-state index in [1.807, 2.05) is 32.0 Å². The van der Waals surface area contributed by atoms with Gasteiger partial charge in [-0.3, -0.25) is 4.79 Å². The lowest BCUT2D eigenvalue weighted by Crippen LogP contribution is -2.35. The summed E-state index contributed by atoms with van der Waals surface area (Å²) in [6.45, 7) is 4.87. The minimum Gasteiger partial charge on any atom is -0.486 e. The third-order valence-corrected chi connectivity index (χ3v) is 4.46. The average Bonchev–Trinajstić information content (AvgIpc) is 2.66. The summed E-state index contributed by atoms with van der Waals surface area (Å²) in [6, 6.07) is 9.40. The molecule has 1 aliphatic heterocycles. The van der Waals surface area contributed by atoms with Crippen molar-refractivity contribution in [1.29, 1.82) is 0 Å². The Hall–Kier alpha value is -2.47. The highest BCUT2D eigenvalue weighted by molar-refractivity contribution is 6.30. The van der Waals surface area contributed by atoms with Crippen molar-refractivity contribution in [2.75, 3.05) is 19.8 Å². The Morgan fingerprint density at radius 2 is 1.93 bits per heavy atom. The van der Waals surface area contributed by atoms with E-state index in [0.29, 0.717) is 30.5 Å². The van der Waals surface area contributed by atoms with Crippen LogP contribution >= 0.6 is 11.6 Å². The van der Waals surface area contributed by atoms with Crippen LogP contribution in [0.3, 0.4) is 0 Å². The molecule has 5 nitrogen and oxygen atoms in total. The molecule has 0 saturated heterocycles. The lowest BCUT2D eigenvalue weighted by atomic mass is 9.95. The largest absolute Gasteiger partial charge is 0.486 e. The summed E-state index contributed by atoms with van der Waals surface area (Å²) in [4.78, 5) is 12.3. The molecule has 3 rings (SSSR count). The van der Waals surface area contributed by atoms with Crippen molar-refractivity contribution in [2.45, 2.75) is 19.9 Å². The quantitative estimate of drug-likeness (QED) is 0.801. The van der Waals surface area contributed by atoms with E-state index in [0.717, 1.165) is 5.56 Å². The summed E-state index contributed by atoms with van der Waals surface area (Å²) >= 11 is 5.72. The zero-order chi connectivity index (χ0) is 19.4. The Labute approximate surface area is 162 Å². The molecule has 2 aromatic rings. The Bertz CT molecular complexity index is 828. The van der Waals surface area contributed by atoms with Gasteiger partial charge in [-0.15, -0.1) is 0 Å². The van der Waals surface area contributed by atoms with Crippen LogP contribution in [0.4, 0.5) is 4.39 Å². The van der Waals surface area contributed by atoms with E-state index in [1.165, 1.54) is 18.2 Å². The number of nitrogens with one attached hydrogen (secondary N) is 1. The molecule has 2 aromatic carbocycles. The number of amides is 1. The monoisotopic (exact) mass is 393 g/mol. The van der Waals surface area contributed by atoms with Gasteiger partial charge in [-0.2, -0.15) is 0 Å². The number of halogens is 2. The molecule has 1 atom stereocenters. The van der Waals surface area contributed by atoms with Gasteiger partial charge in [0.25, 0.3) is 5.91 Å². The van der Waals surface area contributed by atoms with Crippen LogP contribution in [-0.2, 0) is 4.79 Å². The molecule has 1 unspecified atom stereocenters. The number of hydrogen-bond donors (Lipinski definition) is 1. The Kier molecular flexibility index (Phi) is 6.06. The van der Waals surface area contributed by atoms with E-state index in [9.17, 15) is 9.18 Å². The second-order valence-electron chi connectivity index (χ2n) is 6.56. The van der Waals surface area contributed by atoms with Crippen molar-refractivity contribution in [2.24, 2.45) is 5.92 Å². The molecule has 1 amide bonds. The number of benzene rings is 2. The first-order chi connectivity index (χ1) is 12.9. The van der Waals surface area contributed by atoms with Crippen LogP contribution < -0.4 is 19.5 Å². The fourth-order valence-electron chi connectivity index (χ4n) is 2.82. The first-order valence-corrected chi connectivity index (χ1v) is 9.08. The molecule has 0 bridgehead atoms. The first kappa shape index (κ1) is 19.3. The van der Waals surface area contributed by atoms with E-state index in [-0.39, 0.29) is 29.5 Å². The van der Waals surface area contributed by atoms with Gasteiger partial charge in [0, 0.05) is 6.07 Å². The molecule has 27 heavy (non-hydrogen) atoms. The molecule has 7 heteroatoms. The van der Waals surface area contributed by atoms with Crippen molar-refractivity contribution in [3.05, 3.63) is 52.8 Å². The van der Waals surface area contributed by atoms with Crippen LogP contribution in [0, 0.1) is 11.7 Å². The molecule has 144 valence electrons. The van der Waals surface area contributed by atoms with Crippen LogP contribution in [0.25, 0.3) is 0 Å². The average molecular weight is 394 g/mol. The zero-order valence-corrected chi connectivity index (χ0v) is 15.9. The Morgan fingerprint density at radius 1 is 1.19 bits per heavy atom. The lowest BCUT2D eigenvalue weighted by molar-refractivity contribution is -0.124. The fraction of sp³-hybridized carbons (Fsp3) is 0.350. The van der Waals surface area contributed by atoms with Gasteiger partial charge in [-0.05, 0) is 35.7 Å². The van der Waals surface area contributed by atoms with Gasteiger partial charge in [0.1, 0.15) is 24.8 Å². The van der Waals surface area contributed by atoms with Crippen LogP contribution in [0.15, 0.2) is 36.4 Å². The number of fused-ring (bicyclic) bond motifs is 1. The van der Waals surface area contributed by atoms with Crippen molar-refractivity contribution < 1.29 is 23.4 Å². The topological polar surface area (TPSA) is 56.8 Å². The second kappa shape index (κ2) is 8.48. The fourth-order valence-corrected chi connectivity index (χ4v) is 2.99. The zero-order valence-electron chi connectivity index (χ0n) is 15.1. The van der Waals surface area contributed by atoms with Crippen molar-refractivity contribution in [3.8, 4) is 17.2 Å². The number of ether oxygens (including phenoxy) is 3. The molecule has 0 fully saturated rings. The Balaban J connectivity index is 1.65. The molecule has 1 N–H and O–H groups in total. The van der Waals surface area contributed by atoms with E-state index < -0.39 is 5.82 Å². The van der Waals surface area contributed by atoms with E-state index >= 15 is 0 Å². The summed E-state index contributed by atoms with van der Waals surface area (Å²) in [7, 11) is 0. The maximum absolute atomic E-state index is 13.2. The summed E-state index contributed by atoms with van der Waals surface area (Å²) in [5, 5.41) is 2.92. The molecule has 0 radical (unpaired) electrons. The van der Waals surface area contributed by atoms with Crippen molar-refractivity contribution in [1.82, 2.24) is 5.32 Å². The van der Waals surface area contributed by atoms with Gasteiger partial charge in [0.05, 0.1) is 11.1 Å². The molecule has 0 spiro atoms. The highest BCUT2D eigenvalue weighted by Crippen LogP contribution is 2.34. The van der Waals surface area contributed by atoms with Gasteiger partial charge < -0.3 is 19.5 Å². The smallest absolute Gasteiger partial charge is 0.258 e. The lowest BCUT2D eigenvalue weighted by Gasteiger charge is -2.25. The predicted octanol–water partition coefficient (Wildman–Crippen LogP) is 4.14. The predicted molar refractivity (Wildman–Crippen MR) is 100 cm³/mol. The van der Waals surface area contributed by atoms with Gasteiger partial charge in [-0.1, -0.05) is 31.5 Å². The minimum atomic E-state index is -0.535. The molecule has 0 aliphatic carbocycles. The van der Waals surface area contributed by atoms with Crippen LogP contribution in [-0.4, -0.2) is 25.7 Å². The summed E-state index contributed by atoms with van der Waals surface area (Å²) in [6.07, 6.45) is 0. The molecule has 0 aromatic heterocycles. The highest BCUT2D eigenvalue weighted by Gasteiger charge is 2.21. The normalized spacial score (nSPS) is 14.0. The van der Waals surface area contributed by atoms with Gasteiger partial charge in [0.2, 0.25) is 0 Å². The summed E-state index contributed by atoms with van der Waals surface area (Å²) < 4.78 is 29.7. The number of carbonyl (C=O) groups is 1. The minimum absolute atomic E-state index is 0.0516. The standard InChI is InChI=1S/C20H21ClFNO4/c1-12(2)20(13-3-6-17-18(9-13)26-8-7-25-17)23-19(24)11-27-14-4-5-16(22)15(21)10-14/h3-6,9-10,12,20H,7-8,11H2,1-2H3,(H,23,24). The number of hydrogen-bond acceptors (Lipinski definition) is 4.